The Kier molecular flexibility index (Phi) is 4.10. The molecule has 0 radical (unpaired) electrons. The van der Waals surface area contributed by atoms with Crippen LogP contribution in [0.5, 0.6) is 5.75 Å². The second-order valence-electron chi connectivity index (χ2n) is 4.88. The van der Waals surface area contributed by atoms with Gasteiger partial charge in [0.25, 0.3) is 0 Å². The second kappa shape index (κ2) is 6.36. The molecule has 3 rings (SSSR count). The van der Waals surface area contributed by atoms with Crippen LogP contribution in [0, 0.1) is 5.82 Å². The van der Waals surface area contributed by atoms with E-state index in [2.05, 4.69) is 5.32 Å². The minimum absolute atomic E-state index is 0.324. The third-order valence-corrected chi connectivity index (χ3v) is 3.25. The number of rotatable bonds is 4. The summed E-state index contributed by atoms with van der Waals surface area (Å²) in [5.41, 5.74) is 1.24. The number of benzene rings is 2. The van der Waals surface area contributed by atoms with Gasteiger partial charge >= 0.3 is 0 Å². The van der Waals surface area contributed by atoms with Gasteiger partial charge in [0, 0.05) is 17.1 Å². The van der Waals surface area contributed by atoms with Crippen LogP contribution >= 0.6 is 0 Å². The Morgan fingerprint density at radius 3 is 2.70 bits per heavy atom. The van der Waals surface area contributed by atoms with Gasteiger partial charge in [-0.3, -0.25) is 4.79 Å². The van der Waals surface area contributed by atoms with E-state index in [1.807, 2.05) is 18.2 Å². The van der Waals surface area contributed by atoms with Gasteiger partial charge in [-0.05, 0) is 54.6 Å². The van der Waals surface area contributed by atoms with Crippen molar-refractivity contribution in [2.45, 2.75) is 0 Å². The van der Waals surface area contributed by atoms with Crippen molar-refractivity contribution in [3.63, 3.8) is 0 Å². The number of carbonyl (C=O) groups is 1. The van der Waals surface area contributed by atoms with Crippen LogP contribution in [0.15, 0.2) is 59.0 Å². The SMILES string of the molecule is COc1ccc2oc(/C=C/C(=O)Nc3ccc(F)cc3)cc2c1. The van der Waals surface area contributed by atoms with Gasteiger partial charge in [0.15, 0.2) is 0 Å². The highest BCUT2D eigenvalue weighted by Crippen LogP contribution is 2.24. The summed E-state index contributed by atoms with van der Waals surface area (Å²) in [6.45, 7) is 0. The number of carbonyl (C=O) groups excluding carboxylic acids is 1. The van der Waals surface area contributed by atoms with E-state index in [9.17, 15) is 9.18 Å². The predicted molar refractivity (Wildman–Crippen MR) is 86.8 cm³/mol. The molecule has 0 aliphatic carbocycles. The number of fused-ring (bicyclic) bond motifs is 1. The number of hydrogen-bond acceptors (Lipinski definition) is 3. The summed E-state index contributed by atoms with van der Waals surface area (Å²) in [5, 5.41) is 3.53. The summed E-state index contributed by atoms with van der Waals surface area (Å²) < 4.78 is 23.6. The van der Waals surface area contributed by atoms with Gasteiger partial charge in [-0.1, -0.05) is 0 Å². The molecule has 4 nitrogen and oxygen atoms in total. The molecule has 1 aromatic heterocycles. The van der Waals surface area contributed by atoms with Crippen molar-refractivity contribution in [1.82, 2.24) is 0 Å². The standard InChI is InChI=1S/C18H14FNO3/c1-22-15-6-8-17-12(10-15)11-16(23-17)7-9-18(21)20-14-4-2-13(19)3-5-14/h2-11H,1H3,(H,20,21)/b9-7+. The number of anilines is 1. The average Bonchev–Trinajstić information content (AvgIpc) is 2.97. The second-order valence-corrected chi connectivity index (χ2v) is 4.88. The minimum atomic E-state index is -0.351. The number of halogens is 1. The average molecular weight is 311 g/mol. The van der Waals surface area contributed by atoms with Gasteiger partial charge in [0.2, 0.25) is 5.91 Å². The smallest absolute Gasteiger partial charge is 0.248 e. The maximum atomic E-state index is 12.8. The van der Waals surface area contributed by atoms with Crippen LogP contribution in [0.1, 0.15) is 5.76 Å². The molecule has 0 fully saturated rings. The lowest BCUT2D eigenvalue weighted by Gasteiger charge is -2.00. The third-order valence-electron chi connectivity index (χ3n) is 3.25. The number of amides is 1. The third kappa shape index (κ3) is 3.58. The molecule has 23 heavy (non-hydrogen) atoms. The molecule has 0 bridgehead atoms. The van der Waals surface area contributed by atoms with Gasteiger partial charge in [-0.15, -0.1) is 0 Å². The number of furan rings is 1. The summed E-state index contributed by atoms with van der Waals surface area (Å²) in [6.07, 6.45) is 2.93. The fourth-order valence-electron chi connectivity index (χ4n) is 2.13. The first-order chi connectivity index (χ1) is 11.1. The van der Waals surface area contributed by atoms with Crippen molar-refractivity contribution >= 4 is 28.6 Å². The number of nitrogens with one attached hydrogen (secondary N) is 1. The zero-order chi connectivity index (χ0) is 16.2. The highest BCUT2D eigenvalue weighted by atomic mass is 19.1. The predicted octanol–water partition coefficient (Wildman–Crippen LogP) is 4.23. The van der Waals surface area contributed by atoms with Crippen LogP contribution < -0.4 is 10.1 Å². The molecule has 0 spiro atoms. The topological polar surface area (TPSA) is 51.5 Å². The summed E-state index contributed by atoms with van der Waals surface area (Å²) >= 11 is 0. The Balaban J connectivity index is 1.71. The molecule has 0 aliphatic heterocycles. The highest BCUT2D eigenvalue weighted by molar-refractivity contribution is 6.02. The minimum Gasteiger partial charge on any atom is -0.497 e. The molecule has 3 aromatic rings. The first-order valence-electron chi connectivity index (χ1n) is 6.96. The van der Waals surface area contributed by atoms with Crippen LogP contribution in [-0.4, -0.2) is 13.0 Å². The van der Waals surface area contributed by atoms with Crippen LogP contribution in [0.3, 0.4) is 0 Å². The van der Waals surface area contributed by atoms with E-state index >= 15 is 0 Å². The summed E-state index contributed by atoms with van der Waals surface area (Å²) in [6, 6.07) is 12.8. The Labute approximate surface area is 132 Å². The van der Waals surface area contributed by atoms with Crippen molar-refractivity contribution in [3.05, 3.63) is 66.2 Å². The maximum absolute atomic E-state index is 12.8. The molecule has 1 amide bonds. The fourth-order valence-corrected chi connectivity index (χ4v) is 2.13. The molecule has 1 heterocycles. The molecule has 116 valence electrons. The molecular formula is C18H14FNO3. The summed E-state index contributed by atoms with van der Waals surface area (Å²) in [5.74, 6) is 0.622. The molecule has 0 aliphatic rings. The first kappa shape index (κ1) is 14.8. The van der Waals surface area contributed by atoms with Crippen molar-refractivity contribution in [1.29, 1.82) is 0 Å². The summed E-state index contributed by atoms with van der Waals surface area (Å²) in [4.78, 5) is 11.8. The van der Waals surface area contributed by atoms with Crippen molar-refractivity contribution in [2.24, 2.45) is 0 Å². The monoisotopic (exact) mass is 311 g/mol. The van der Waals surface area contributed by atoms with Crippen LogP contribution in [0.25, 0.3) is 17.0 Å². The Hall–Kier alpha value is -3.08. The molecule has 1 N–H and O–H groups in total. The molecule has 0 unspecified atom stereocenters. The molecular weight excluding hydrogens is 297 g/mol. The van der Waals surface area contributed by atoms with Crippen molar-refractivity contribution in [3.8, 4) is 5.75 Å². The fraction of sp³-hybridized carbons (Fsp3) is 0.0556. The van der Waals surface area contributed by atoms with Crippen LogP contribution in [0.2, 0.25) is 0 Å². The van der Waals surface area contributed by atoms with E-state index in [-0.39, 0.29) is 11.7 Å². The summed E-state index contributed by atoms with van der Waals surface area (Å²) in [7, 11) is 1.60. The number of hydrogen-bond donors (Lipinski definition) is 1. The van der Waals surface area contributed by atoms with E-state index in [0.717, 1.165) is 11.1 Å². The normalized spacial score (nSPS) is 11.0. The molecule has 0 saturated carbocycles. The lowest BCUT2D eigenvalue weighted by molar-refractivity contribution is -0.111. The lowest BCUT2D eigenvalue weighted by atomic mass is 10.2. The highest BCUT2D eigenvalue weighted by Gasteiger charge is 2.04. The van der Waals surface area contributed by atoms with E-state index in [0.29, 0.717) is 17.0 Å². The van der Waals surface area contributed by atoms with Gasteiger partial charge in [0.05, 0.1) is 7.11 Å². The van der Waals surface area contributed by atoms with Crippen LogP contribution in [-0.2, 0) is 4.79 Å². The first-order valence-corrected chi connectivity index (χ1v) is 6.96. The van der Waals surface area contributed by atoms with E-state index in [1.54, 1.807) is 19.3 Å². The van der Waals surface area contributed by atoms with E-state index < -0.39 is 0 Å². The lowest BCUT2D eigenvalue weighted by Crippen LogP contribution is -2.07. The molecule has 0 atom stereocenters. The van der Waals surface area contributed by atoms with Gasteiger partial charge < -0.3 is 14.5 Å². The molecule has 2 aromatic carbocycles. The Morgan fingerprint density at radius 1 is 1.17 bits per heavy atom. The van der Waals surface area contributed by atoms with Gasteiger partial charge in [-0.25, -0.2) is 4.39 Å². The van der Waals surface area contributed by atoms with Crippen LogP contribution in [0.4, 0.5) is 10.1 Å². The van der Waals surface area contributed by atoms with Gasteiger partial charge in [-0.2, -0.15) is 0 Å². The largest absolute Gasteiger partial charge is 0.497 e. The van der Waals surface area contributed by atoms with Gasteiger partial charge in [0.1, 0.15) is 22.9 Å². The number of ether oxygens (including phenoxy) is 1. The van der Waals surface area contributed by atoms with E-state index in [1.165, 1.54) is 30.3 Å². The Bertz CT molecular complexity index is 866. The Morgan fingerprint density at radius 2 is 1.96 bits per heavy atom. The van der Waals surface area contributed by atoms with E-state index in [4.69, 9.17) is 9.15 Å². The number of methoxy groups -OCH3 is 1. The molecule has 0 saturated heterocycles. The van der Waals surface area contributed by atoms with Crippen molar-refractivity contribution in [2.75, 3.05) is 12.4 Å². The quantitative estimate of drug-likeness (QED) is 0.733. The zero-order valence-electron chi connectivity index (χ0n) is 12.4. The zero-order valence-corrected chi connectivity index (χ0v) is 12.4. The van der Waals surface area contributed by atoms with Crippen molar-refractivity contribution < 1.29 is 18.3 Å². The molecule has 5 heteroatoms. The maximum Gasteiger partial charge on any atom is 0.248 e.